The summed E-state index contributed by atoms with van der Waals surface area (Å²) in [5.41, 5.74) is 0. The van der Waals surface area contributed by atoms with Crippen molar-refractivity contribution in [3.8, 4) is 0 Å². The average Bonchev–Trinajstić information content (AvgIpc) is 2.37. The quantitative estimate of drug-likeness (QED) is 0.536. The molecular formula is C9H12N2O4S. The summed E-state index contributed by atoms with van der Waals surface area (Å²) in [5, 5.41) is -0.756. The lowest BCUT2D eigenvalue weighted by Gasteiger charge is -2.12. The second-order valence-electron chi connectivity index (χ2n) is 3.41. The average molecular weight is 244 g/mol. The first kappa shape index (κ1) is 12.7. The Bertz CT molecular complexity index is 367. The van der Waals surface area contributed by atoms with Crippen molar-refractivity contribution in [2.75, 3.05) is 6.54 Å². The molecule has 0 unspecified atom stereocenters. The van der Waals surface area contributed by atoms with Crippen molar-refractivity contribution in [2.45, 2.75) is 26.0 Å². The topological polar surface area (TPSA) is 74.8 Å². The van der Waals surface area contributed by atoms with Gasteiger partial charge in [-0.2, -0.15) is 4.90 Å². The number of carbonyl (C=O) groups is 4. The highest BCUT2D eigenvalue weighted by molar-refractivity contribution is 8.14. The van der Waals surface area contributed by atoms with Gasteiger partial charge in [-0.05, 0) is 6.92 Å². The largest absolute Gasteiger partial charge is 0.341 e. The fourth-order valence-corrected chi connectivity index (χ4v) is 1.87. The molecule has 0 aromatic carbocycles. The van der Waals surface area contributed by atoms with Gasteiger partial charge in [0.1, 0.15) is 0 Å². The lowest BCUT2D eigenvalue weighted by molar-refractivity contribution is -0.142. The van der Waals surface area contributed by atoms with Gasteiger partial charge in [0, 0.05) is 11.8 Å². The second kappa shape index (κ2) is 4.65. The maximum absolute atomic E-state index is 11.6. The summed E-state index contributed by atoms with van der Waals surface area (Å²) in [7, 11) is 0. The van der Waals surface area contributed by atoms with E-state index in [-0.39, 0.29) is 11.8 Å². The van der Waals surface area contributed by atoms with Crippen molar-refractivity contribution in [3.05, 3.63) is 0 Å². The molecule has 0 bridgehead atoms. The van der Waals surface area contributed by atoms with Gasteiger partial charge in [0.05, 0.1) is 0 Å². The van der Waals surface area contributed by atoms with E-state index in [2.05, 4.69) is 0 Å². The molecule has 1 aliphatic rings. The molecule has 88 valence electrons. The zero-order valence-corrected chi connectivity index (χ0v) is 10.0. The molecule has 6 nitrogen and oxygen atoms in total. The number of hydrogen-bond donors (Lipinski definition) is 0. The molecule has 0 aromatic heterocycles. The smallest absolute Gasteiger partial charge is 0.263 e. The lowest BCUT2D eigenvalue weighted by Crippen LogP contribution is -2.36. The fraction of sp³-hybridized carbons (Fsp3) is 0.556. The highest BCUT2D eigenvalue weighted by Crippen LogP contribution is 2.20. The van der Waals surface area contributed by atoms with Gasteiger partial charge in [-0.1, -0.05) is 25.6 Å². The number of hydrogen-bond acceptors (Lipinski definition) is 5. The SMILES string of the molecule is CCN1C(=O)C(=O)N(C(=O)SC(C)C)C1=O. The number of carbonyl (C=O) groups excluding carboxylic acids is 4. The number of nitrogens with zero attached hydrogens (tertiary/aromatic N) is 2. The predicted molar refractivity (Wildman–Crippen MR) is 57.8 cm³/mol. The van der Waals surface area contributed by atoms with E-state index in [9.17, 15) is 19.2 Å². The van der Waals surface area contributed by atoms with Gasteiger partial charge >= 0.3 is 17.8 Å². The van der Waals surface area contributed by atoms with Crippen molar-refractivity contribution in [1.29, 1.82) is 0 Å². The minimum atomic E-state index is -1.06. The Kier molecular flexibility index (Phi) is 3.69. The maximum Gasteiger partial charge on any atom is 0.341 e. The van der Waals surface area contributed by atoms with E-state index in [0.29, 0.717) is 4.90 Å². The third-order valence-electron chi connectivity index (χ3n) is 1.89. The van der Waals surface area contributed by atoms with Crippen molar-refractivity contribution in [1.82, 2.24) is 9.80 Å². The third kappa shape index (κ3) is 2.08. The first-order chi connectivity index (χ1) is 7.40. The van der Waals surface area contributed by atoms with Crippen LogP contribution in [-0.2, 0) is 9.59 Å². The molecular weight excluding hydrogens is 232 g/mol. The minimum Gasteiger partial charge on any atom is -0.263 e. The van der Waals surface area contributed by atoms with Crippen LogP contribution in [0.5, 0.6) is 0 Å². The minimum absolute atomic E-state index is 0.0566. The van der Waals surface area contributed by atoms with E-state index in [1.54, 1.807) is 20.8 Å². The van der Waals surface area contributed by atoms with E-state index in [0.717, 1.165) is 16.7 Å². The lowest BCUT2D eigenvalue weighted by atomic mass is 10.5. The molecule has 1 rings (SSSR count). The van der Waals surface area contributed by atoms with Crippen LogP contribution in [0, 0.1) is 0 Å². The summed E-state index contributed by atoms with van der Waals surface area (Å²) in [6.45, 7) is 5.16. The Morgan fingerprint density at radius 3 is 2.19 bits per heavy atom. The molecule has 0 spiro atoms. The number of thioether (sulfide) groups is 1. The molecule has 0 N–H and O–H groups in total. The Labute approximate surface area is 96.9 Å². The number of rotatable bonds is 2. The van der Waals surface area contributed by atoms with Crippen LogP contribution >= 0.6 is 11.8 Å². The van der Waals surface area contributed by atoms with Gasteiger partial charge < -0.3 is 0 Å². The summed E-state index contributed by atoms with van der Waals surface area (Å²) >= 11 is 0.840. The Morgan fingerprint density at radius 1 is 1.25 bits per heavy atom. The molecule has 0 atom stereocenters. The predicted octanol–water partition coefficient (Wildman–Crippen LogP) is 1.06. The molecule has 0 radical (unpaired) electrons. The molecule has 1 saturated heterocycles. The molecule has 16 heavy (non-hydrogen) atoms. The summed E-state index contributed by atoms with van der Waals surface area (Å²) in [6, 6.07) is -0.851. The Balaban J connectivity index is 2.90. The van der Waals surface area contributed by atoms with Crippen LogP contribution in [0.25, 0.3) is 0 Å². The molecule has 5 amide bonds. The Hall–Kier alpha value is -1.37. The number of amides is 5. The van der Waals surface area contributed by atoms with Gasteiger partial charge in [-0.3, -0.25) is 19.3 Å². The van der Waals surface area contributed by atoms with E-state index in [4.69, 9.17) is 0 Å². The molecule has 0 saturated carbocycles. The standard InChI is InChI=1S/C9H12N2O4S/c1-4-10-6(12)7(13)11(8(10)14)9(15)16-5(2)3/h5H,4H2,1-3H3. The van der Waals surface area contributed by atoms with Crippen LogP contribution in [-0.4, -0.2) is 44.7 Å². The van der Waals surface area contributed by atoms with Crippen LogP contribution < -0.4 is 0 Å². The van der Waals surface area contributed by atoms with E-state index in [1.807, 2.05) is 0 Å². The first-order valence-corrected chi connectivity index (χ1v) is 5.68. The second-order valence-corrected chi connectivity index (χ2v) is 4.93. The Morgan fingerprint density at radius 2 is 1.81 bits per heavy atom. The van der Waals surface area contributed by atoms with Gasteiger partial charge in [0.25, 0.3) is 5.24 Å². The van der Waals surface area contributed by atoms with Crippen LogP contribution in [0.15, 0.2) is 0 Å². The molecule has 7 heteroatoms. The first-order valence-electron chi connectivity index (χ1n) is 4.80. The highest BCUT2D eigenvalue weighted by Gasteiger charge is 2.47. The van der Waals surface area contributed by atoms with Crippen LogP contribution in [0.4, 0.5) is 9.59 Å². The van der Waals surface area contributed by atoms with Crippen molar-refractivity contribution in [2.24, 2.45) is 0 Å². The fourth-order valence-electron chi connectivity index (χ4n) is 1.20. The van der Waals surface area contributed by atoms with Gasteiger partial charge in [-0.25, -0.2) is 4.79 Å². The van der Waals surface area contributed by atoms with Crippen molar-refractivity contribution >= 4 is 34.8 Å². The van der Waals surface area contributed by atoms with E-state index >= 15 is 0 Å². The van der Waals surface area contributed by atoms with E-state index in [1.165, 1.54) is 0 Å². The van der Waals surface area contributed by atoms with Crippen molar-refractivity contribution in [3.63, 3.8) is 0 Å². The summed E-state index contributed by atoms with van der Waals surface area (Å²) in [6.07, 6.45) is 0. The monoisotopic (exact) mass is 244 g/mol. The molecule has 1 aliphatic heterocycles. The normalized spacial score (nSPS) is 16.6. The number of imide groups is 4. The van der Waals surface area contributed by atoms with Crippen molar-refractivity contribution < 1.29 is 19.2 Å². The molecule has 0 aromatic rings. The van der Waals surface area contributed by atoms with Crippen LogP contribution in [0.1, 0.15) is 20.8 Å². The zero-order chi connectivity index (χ0) is 12.5. The van der Waals surface area contributed by atoms with E-state index < -0.39 is 23.1 Å². The number of urea groups is 1. The van der Waals surface area contributed by atoms with Gasteiger partial charge in [-0.15, -0.1) is 0 Å². The summed E-state index contributed by atoms with van der Waals surface area (Å²) in [4.78, 5) is 46.9. The maximum atomic E-state index is 11.6. The van der Waals surface area contributed by atoms with Gasteiger partial charge in [0.15, 0.2) is 0 Å². The number of likely N-dealkylation sites (N-methyl/N-ethyl adjacent to an activating group) is 1. The summed E-state index contributed by atoms with van der Waals surface area (Å²) in [5.74, 6) is -2.00. The summed E-state index contributed by atoms with van der Waals surface area (Å²) < 4.78 is 0. The molecule has 1 heterocycles. The molecule has 0 aliphatic carbocycles. The van der Waals surface area contributed by atoms with Crippen LogP contribution in [0.2, 0.25) is 0 Å². The van der Waals surface area contributed by atoms with Gasteiger partial charge in [0.2, 0.25) is 0 Å². The molecule has 1 fully saturated rings. The zero-order valence-electron chi connectivity index (χ0n) is 9.22. The highest BCUT2D eigenvalue weighted by atomic mass is 32.2. The van der Waals surface area contributed by atoms with Crippen LogP contribution in [0.3, 0.4) is 0 Å². The third-order valence-corrected chi connectivity index (χ3v) is 2.74.